The lowest BCUT2D eigenvalue weighted by Gasteiger charge is -2.47. The van der Waals surface area contributed by atoms with Gasteiger partial charge in [-0.05, 0) is 24.8 Å². The summed E-state index contributed by atoms with van der Waals surface area (Å²) in [6, 6.07) is 9.35. The Morgan fingerprint density at radius 1 is 1.17 bits per heavy atom. The van der Waals surface area contributed by atoms with E-state index < -0.39 is 0 Å². The van der Waals surface area contributed by atoms with Gasteiger partial charge in [0.15, 0.2) is 0 Å². The maximum Gasteiger partial charge on any atom is 0.324 e. The highest BCUT2D eigenvalue weighted by atomic mass is 16.2. The van der Waals surface area contributed by atoms with E-state index >= 15 is 0 Å². The van der Waals surface area contributed by atoms with Crippen LogP contribution in [-0.4, -0.2) is 22.4 Å². The van der Waals surface area contributed by atoms with Crippen LogP contribution in [-0.2, 0) is 11.3 Å². The first-order valence-corrected chi connectivity index (χ1v) is 6.35. The van der Waals surface area contributed by atoms with Gasteiger partial charge >= 0.3 is 6.03 Å². The third kappa shape index (κ3) is 1.88. The number of imide groups is 1. The van der Waals surface area contributed by atoms with E-state index in [-0.39, 0.29) is 17.5 Å². The molecule has 0 atom stereocenters. The molecule has 0 radical (unpaired) electrons. The summed E-state index contributed by atoms with van der Waals surface area (Å²) in [6.07, 6.45) is 3.42. The highest BCUT2D eigenvalue weighted by Crippen LogP contribution is 2.37. The van der Waals surface area contributed by atoms with Gasteiger partial charge in [-0.15, -0.1) is 0 Å². The van der Waals surface area contributed by atoms with Crippen molar-refractivity contribution < 1.29 is 9.59 Å². The molecule has 94 valence electrons. The zero-order valence-corrected chi connectivity index (χ0v) is 10.2. The smallest absolute Gasteiger partial charge is 0.324 e. The van der Waals surface area contributed by atoms with Crippen LogP contribution >= 0.6 is 0 Å². The molecule has 1 aliphatic carbocycles. The number of hydrogen-bond donors (Lipinski definition) is 1. The second-order valence-corrected chi connectivity index (χ2v) is 5.21. The summed E-state index contributed by atoms with van der Waals surface area (Å²) in [4.78, 5) is 25.4. The Bertz CT molecular complexity index is 460. The Morgan fingerprint density at radius 3 is 2.44 bits per heavy atom. The lowest BCUT2D eigenvalue weighted by atomic mass is 9.73. The molecule has 18 heavy (non-hydrogen) atoms. The maximum atomic E-state index is 12.1. The first-order chi connectivity index (χ1) is 8.69. The summed E-state index contributed by atoms with van der Waals surface area (Å²) in [5.74, 6) is -0.0534. The summed E-state index contributed by atoms with van der Waals surface area (Å²) < 4.78 is 0. The van der Waals surface area contributed by atoms with Crippen molar-refractivity contribution in [3.63, 3.8) is 0 Å². The van der Waals surface area contributed by atoms with Crippen LogP contribution in [0.4, 0.5) is 4.79 Å². The molecule has 4 nitrogen and oxygen atoms in total. The van der Waals surface area contributed by atoms with Crippen molar-refractivity contribution in [2.24, 2.45) is 0 Å². The zero-order chi connectivity index (χ0) is 12.6. The second-order valence-electron chi connectivity index (χ2n) is 5.21. The molecule has 4 heteroatoms. The van der Waals surface area contributed by atoms with Crippen LogP contribution in [0.3, 0.4) is 0 Å². The Kier molecular flexibility index (Phi) is 2.58. The lowest BCUT2D eigenvalue weighted by molar-refractivity contribution is -0.133. The van der Waals surface area contributed by atoms with E-state index in [2.05, 4.69) is 5.32 Å². The van der Waals surface area contributed by atoms with Crippen LogP contribution in [0.15, 0.2) is 30.3 Å². The third-order valence-corrected chi connectivity index (χ3v) is 3.90. The molecule has 1 spiro atoms. The van der Waals surface area contributed by atoms with E-state index in [4.69, 9.17) is 0 Å². The van der Waals surface area contributed by atoms with Gasteiger partial charge in [-0.25, -0.2) is 4.79 Å². The highest BCUT2D eigenvalue weighted by Gasteiger charge is 2.46. The summed E-state index contributed by atoms with van der Waals surface area (Å²) in [5.41, 5.74) is 0.756. The third-order valence-electron chi connectivity index (χ3n) is 3.90. The minimum absolute atomic E-state index is 0.0534. The Labute approximate surface area is 106 Å². The summed E-state index contributed by atoms with van der Waals surface area (Å²) in [5, 5.41) is 3.00. The molecule has 1 aromatic rings. The molecule has 1 aromatic carbocycles. The number of carbonyl (C=O) groups is 2. The monoisotopic (exact) mass is 244 g/mol. The summed E-state index contributed by atoms with van der Waals surface area (Å²) in [7, 11) is 0. The average molecular weight is 244 g/mol. The van der Waals surface area contributed by atoms with Gasteiger partial charge in [0.05, 0.1) is 18.5 Å². The Balaban J connectivity index is 1.73. The van der Waals surface area contributed by atoms with Crippen LogP contribution in [0, 0.1) is 0 Å². The molecule has 1 saturated carbocycles. The maximum absolute atomic E-state index is 12.1. The molecular weight excluding hydrogens is 228 g/mol. The van der Waals surface area contributed by atoms with Gasteiger partial charge in [-0.1, -0.05) is 30.3 Å². The van der Waals surface area contributed by atoms with Crippen molar-refractivity contribution in [3.8, 4) is 0 Å². The SMILES string of the molecule is O=C1CC2(CCC2)NC(=O)N1Cc1ccccc1. The number of rotatable bonds is 2. The van der Waals surface area contributed by atoms with E-state index in [9.17, 15) is 9.59 Å². The molecule has 3 rings (SSSR count). The first kappa shape index (κ1) is 11.3. The molecular formula is C14H16N2O2. The number of urea groups is 1. The standard InChI is InChI=1S/C14H16N2O2/c17-12-9-14(7-4-8-14)15-13(18)16(12)10-11-5-2-1-3-6-11/h1-3,5-6H,4,7-10H2,(H,15,18). The molecule has 1 aliphatic heterocycles. The Hall–Kier alpha value is -1.84. The normalized spacial score (nSPS) is 21.7. The van der Waals surface area contributed by atoms with Gasteiger partial charge in [-0.3, -0.25) is 9.69 Å². The molecule has 0 bridgehead atoms. The lowest BCUT2D eigenvalue weighted by Crippen LogP contribution is -2.64. The topological polar surface area (TPSA) is 49.4 Å². The number of carbonyl (C=O) groups excluding carboxylic acids is 2. The number of amides is 3. The number of nitrogens with zero attached hydrogens (tertiary/aromatic N) is 1. The number of hydrogen-bond acceptors (Lipinski definition) is 2. The van der Waals surface area contributed by atoms with Crippen LogP contribution < -0.4 is 5.32 Å². The fraction of sp³-hybridized carbons (Fsp3) is 0.429. The minimum Gasteiger partial charge on any atom is -0.332 e. The van der Waals surface area contributed by atoms with Crippen molar-refractivity contribution in [1.82, 2.24) is 10.2 Å². The zero-order valence-electron chi connectivity index (χ0n) is 10.2. The number of nitrogens with one attached hydrogen (secondary N) is 1. The molecule has 1 saturated heterocycles. The minimum atomic E-state index is -0.241. The van der Waals surface area contributed by atoms with Gasteiger partial charge in [-0.2, -0.15) is 0 Å². The van der Waals surface area contributed by atoms with Crippen LogP contribution in [0.1, 0.15) is 31.2 Å². The fourth-order valence-electron chi connectivity index (χ4n) is 2.67. The van der Waals surface area contributed by atoms with Gasteiger partial charge < -0.3 is 5.32 Å². The molecule has 1 N–H and O–H groups in total. The molecule has 2 fully saturated rings. The van der Waals surface area contributed by atoms with Crippen molar-refractivity contribution in [2.45, 2.75) is 37.8 Å². The van der Waals surface area contributed by atoms with E-state index in [0.717, 1.165) is 24.8 Å². The van der Waals surface area contributed by atoms with E-state index in [1.54, 1.807) is 0 Å². The van der Waals surface area contributed by atoms with Crippen LogP contribution in [0.25, 0.3) is 0 Å². The molecule has 0 aromatic heterocycles. The van der Waals surface area contributed by atoms with Gasteiger partial charge in [0, 0.05) is 0 Å². The van der Waals surface area contributed by atoms with E-state index in [0.29, 0.717) is 13.0 Å². The largest absolute Gasteiger partial charge is 0.332 e. The van der Waals surface area contributed by atoms with Gasteiger partial charge in [0.2, 0.25) is 5.91 Å². The predicted molar refractivity (Wildman–Crippen MR) is 66.7 cm³/mol. The van der Waals surface area contributed by atoms with Gasteiger partial charge in [0.25, 0.3) is 0 Å². The van der Waals surface area contributed by atoms with E-state index in [1.165, 1.54) is 4.90 Å². The molecule has 1 heterocycles. The summed E-state index contributed by atoms with van der Waals surface area (Å²) >= 11 is 0. The first-order valence-electron chi connectivity index (χ1n) is 6.35. The van der Waals surface area contributed by atoms with Crippen molar-refractivity contribution >= 4 is 11.9 Å². The van der Waals surface area contributed by atoms with Gasteiger partial charge in [0.1, 0.15) is 0 Å². The highest BCUT2D eigenvalue weighted by molar-refractivity contribution is 5.98. The van der Waals surface area contributed by atoms with Crippen molar-refractivity contribution in [2.75, 3.05) is 0 Å². The fourth-order valence-corrected chi connectivity index (χ4v) is 2.67. The quantitative estimate of drug-likeness (QED) is 0.865. The Morgan fingerprint density at radius 2 is 1.89 bits per heavy atom. The summed E-state index contributed by atoms with van der Waals surface area (Å²) in [6.45, 7) is 0.363. The van der Waals surface area contributed by atoms with E-state index in [1.807, 2.05) is 30.3 Å². The van der Waals surface area contributed by atoms with Crippen LogP contribution in [0.2, 0.25) is 0 Å². The van der Waals surface area contributed by atoms with Crippen LogP contribution in [0.5, 0.6) is 0 Å². The van der Waals surface area contributed by atoms with Crippen molar-refractivity contribution in [3.05, 3.63) is 35.9 Å². The molecule has 3 amide bonds. The number of benzene rings is 1. The average Bonchev–Trinajstić information content (AvgIpc) is 2.33. The predicted octanol–water partition coefficient (Wildman–Crippen LogP) is 2.05. The molecule has 0 unspecified atom stereocenters. The second kappa shape index (κ2) is 4.12. The molecule has 2 aliphatic rings. The van der Waals surface area contributed by atoms with Crippen molar-refractivity contribution in [1.29, 1.82) is 0 Å².